The van der Waals surface area contributed by atoms with E-state index in [2.05, 4.69) is 5.32 Å². The van der Waals surface area contributed by atoms with Gasteiger partial charge in [-0.05, 0) is 30.9 Å². The van der Waals surface area contributed by atoms with Gasteiger partial charge in [-0.1, -0.05) is 43.4 Å². The second-order valence-electron chi connectivity index (χ2n) is 7.58. The van der Waals surface area contributed by atoms with Gasteiger partial charge in [0, 0.05) is 18.6 Å². The molecule has 2 aliphatic rings. The first-order chi connectivity index (χ1) is 12.1. The number of hydrogen-bond donors (Lipinski definition) is 1. The number of fused-ring (bicyclic) bond motifs is 1. The van der Waals surface area contributed by atoms with E-state index in [1.54, 1.807) is 0 Å². The number of amides is 1. The summed E-state index contributed by atoms with van der Waals surface area (Å²) in [6, 6.07) is 5.82. The van der Waals surface area contributed by atoms with Crippen LogP contribution in [0.3, 0.4) is 0 Å². The Labute approximate surface area is 153 Å². The Morgan fingerprint density at radius 2 is 1.96 bits per heavy atom. The summed E-state index contributed by atoms with van der Waals surface area (Å²) in [5.74, 6) is 0.521. The molecular weight excluding hydrogens is 336 g/mol. The number of aromatic nitrogens is 1. The fourth-order valence-corrected chi connectivity index (χ4v) is 4.72. The van der Waals surface area contributed by atoms with Crippen LogP contribution in [0.1, 0.15) is 38.5 Å². The number of nitrogens with one attached hydrogen (secondary N) is 1. The molecular formula is C20H25ClN2O2. The molecule has 1 aromatic carbocycles. The van der Waals surface area contributed by atoms with Crippen molar-refractivity contribution in [1.29, 1.82) is 0 Å². The Hall–Kier alpha value is -1.52. The first-order valence-corrected chi connectivity index (χ1v) is 9.62. The normalized spacial score (nSPS) is 20.9. The van der Waals surface area contributed by atoms with E-state index in [9.17, 15) is 4.79 Å². The molecule has 0 unspecified atom stereocenters. The Kier molecular flexibility index (Phi) is 4.50. The number of carbonyl (C=O) groups is 1. The highest BCUT2D eigenvalue weighted by Crippen LogP contribution is 2.44. The highest BCUT2D eigenvalue weighted by Gasteiger charge is 2.51. The molecule has 1 aliphatic heterocycles. The van der Waals surface area contributed by atoms with Gasteiger partial charge >= 0.3 is 0 Å². The number of halogens is 1. The van der Waals surface area contributed by atoms with E-state index in [4.69, 9.17) is 16.3 Å². The van der Waals surface area contributed by atoms with Gasteiger partial charge < -0.3 is 14.6 Å². The summed E-state index contributed by atoms with van der Waals surface area (Å²) in [7, 11) is 1.97. The van der Waals surface area contributed by atoms with Crippen molar-refractivity contribution in [3.8, 4) is 0 Å². The van der Waals surface area contributed by atoms with Gasteiger partial charge in [0.1, 0.15) is 0 Å². The zero-order chi connectivity index (χ0) is 17.4. The predicted octanol–water partition coefficient (Wildman–Crippen LogP) is 4.76. The quantitative estimate of drug-likeness (QED) is 0.802. The highest BCUT2D eigenvalue weighted by molar-refractivity contribution is 6.36. The second-order valence-corrected chi connectivity index (χ2v) is 7.99. The molecule has 2 aromatic rings. The van der Waals surface area contributed by atoms with Crippen LogP contribution in [0.4, 0.5) is 5.69 Å². The lowest BCUT2D eigenvalue weighted by molar-refractivity contribution is -0.170. The van der Waals surface area contributed by atoms with Crippen LogP contribution in [0.15, 0.2) is 24.4 Å². The van der Waals surface area contributed by atoms with Crippen LogP contribution in [0.5, 0.6) is 0 Å². The molecule has 0 atom stereocenters. The summed E-state index contributed by atoms with van der Waals surface area (Å²) in [5, 5.41) is 4.76. The third-order valence-corrected chi connectivity index (χ3v) is 6.33. The maximum atomic E-state index is 13.2. The van der Waals surface area contributed by atoms with Crippen molar-refractivity contribution >= 4 is 34.1 Å². The molecule has 4 rings (SSSR count). The minimum atomic E-state index is -0.367. The Bertz CT molecular complexity index is 786. The molecule has 4 nitrogen and oxygen atoms in total. The van der Waals surface area contributed by atoms with Crippen LogP contribution in [0.2, 0.25) is 5.02 Å². The largest absolute Gasteiger partial charge is 0.379 e. The standard InChI is InChI=1S/C20H25ClN2O2/c1-23-11-16(18-15(21)9-6-10-17(18)23)22-19(24)20(12-25-13-20)14-7-4-2-3-5-8-14/h6,9-11,14H,2-5,7-8,12-13H2,1H3,(H,22,24). The fourth-order valence-electron chi connectivity index (χ4n) is 4.45. The van der Waals surface area contributed by atoms with Crippen LogP contribution in [-0.2, 0) is 16.6 Å². The van der Waals surface area contributed by atoms with Gasteiger partial charge in [0.05, 0.1) is 34.9 Å². The molecule has 0 radical (unpaired) electrons. The zero-order valence-corrected chi connectivity index (χ0v) is 15.4. The van der Waals surface area contributed by atoms with Crippen molar-refractivity contribution in [3.63, 3.8) is 0 Å². The minimum absolute atomic E-state index is 0.0954. The van der Waals surface area contributed by atoms with Gasteiger partial charge in [0.2, 0.25) is 5.91 Å². The third kappa shape index (κ3) is 2.85. The number of rotatable bonds is 3. The first kappa shape index (κ1) is 16.9. The van der Waals surface area contributed by atoms with Gasteiger partial charge in [-0.25, -0.2) is 0 Å². The van der Waals surface area contributed by atoms with Gasteiger partial charge in [0.15, 0.2) is 0 Å². The minimum Gasteiger partial charge on any atom is -0.379 e. The van der Waals surface area contributed by atoms with Crippen LogP contribution >= 0.6 is 11.6 Å². The van der Waals surface area contributed by atoms with Crippen molar-refractivity contribution in [1.82, 2.24) is 4.57 Å². The lowest BCUT2D eigenvalue weighted by atomic mass is 9.69. The van der Waals surface area contributed by atoms with Crippen molar-refractivity contribution < 1.29 is 9.53 Å². The van der Waals surface area contributed by atoms with Crippen molar-refractivity contribution in [2.24, 2.45) is 18.4 Å². The number of hydrogen-bond acceptors (Lipinski definition) is 2. The van der Waals surface area contributed by atoms with E-state index in [-0.39, 0.29) is 11.3 Å². The summed E-state index contributed by atoms with van der Waals surface area (Å²) in [4.78, 5) is 13.2. The van der Waals surface area contributed by atoms with E-state index in [0.29, 0.717) is 24.2 Å². The Morgan fingerprint density at radius 1 is 1.24 bits per heavy atom. The molecule has 2 fully saturated rings. The van der Waals surface area contributed by atoms with Crippen LogP contribution in [0, 0.1) is 11.3 Å². The molecule has 0 bridgehead atoms. The Balaban J connectivity index is 1.63. The number of benzene rings is 1. The second kappa shape index (κ2) is 6.65. The number of ether oxygens (including phenoxy) is 1. The lowest BCUT2D eigenvalue weighted by Gasteiger charge is -2.45. The van der Waals surface area contributed by atoms with Crippen molar-refractivity contribution in [2.45, 2.75) is 38.5 Å². The zero-order valence-electron chi connectivity index (χ0n) is 14.7. The summed E-state index contributed by atoms with van der Waals surface area (Å²) >= 11 is 6.40. The van der Waals surface area contributed by atoms with Crippen LogP contribution in [0.25, 0.3) is 10.9 Å². The van der Waals surface area contributed by atoms with Crippen molar-refractivity contribution in [2.75, 3.05) is 18.5 Å². The third-order valence-electron chi connectivity index (χ3n) is 6.02. The van der Waals surface area contributed by atoms with Crippen LogP contribution in [-0.4, -0.2) is 23.7 Å². The summed E-state index contributed by atoms with van der Waals surface area (Å²) in [6.45, 7) is 1.09. The van der Waals surface area contributed by atoms with Crippen molar-refractivity contribution in [3.05, 3.63) is 29.4 Å². The molecule has 1 saturated heterocycles. The van der Waals surface area contributed by atoms with Gasteiger partial charge in [0.25, 0.3) is 0 Å². The molecule has 0 spiro atoms. The fraction of sp³-hybridized carbons (Fsp3) is 0.550. The average molecular weight is 361 g/mol. The molecule has 25 heavy (non-hydrogen) atoms. The summed E-state index contributed by atoms with van der Waals surface area (Å²) in [6.07, 6.45) is 9.23. The molecule has 5 heteroatoms. The summed E-state index contributed by atoms with van der Waals surface area (Å²) < 4.78 is 7.52. The van der Waals surface area contributed by atoms with E-state index in [1.807, 2.05) is 36.0 Å². The van der Waals surface area contributed by atoms with E-state index < -0.39 is 0 Å². The molecule has 1 aromatic heterocycles. The van der Waals surface area contributed by atoms with Crippen LogP contribution < -0.4 is 5.32 Å². The number of aryl methyl sites for hydroxylation is 1. The average Bonchev–Trinajstić information content (AvgIpc) is 2.73. The summed E-state index contributed by atoms with van der Waals surface area (Å²) in [5.41, 5.74) is 1.46. The molecule has 1 amide bonds. The smallest absolute Gasteiger partial charge is 0.235 e. The SMILES string of the molecule is Cn1cc(NC(=O)C2(C3CCCCCC3)COC2)c2c(Cl)cccc21. The Morgan fingerprint density at radius 3 is 2.60 bits per heavy atom. The molecule has 1 aliphatic carbocycles. The van der Waals surface area contributed by atoms with E-state index in [0.717, 1.165) is 29.4 Å². The maximum absolute atomic E-state index is 13.2. The van der Waals surface area contributed by atoms with E-state index in [1.165, 1.54) is 25.7 Å². The van der Waals surface area contributed by atoms with Gasteiger partial charge in [-0.3, -0.25) is 4.79 Å². The molecule has 1 saturated carbocycles. The number of anilines is 1. The topological polar surface area (TPSA) is 43.3 Å². The monoisotopic (exact) mass is 360 g/mol. The predicted molar refractivity (Wildman–Crippen MR) is 101 cm³/mol. The highest BCUT2D eigenvalue weighted by atomic mass is 35.5. The van der Waals surface area contributed by atoms with E-state index >= 15 is 0 Å². The van der Waals surface area contributed by atoms with Gasteiger partial charge in [-0.15, -0.1) is 0 Å². The molecule has 1 N–H and O–H groups in total. The molecule has 2 heterocycles. The number of nitrogens with zero attached hydrogens (tertiary/aromatic N) is 1. The molecule has 134 valence electrons. The first-order valence-electron chi connectivity index (χ1n) is 9.24. The maximum Gasteiger partial charge on any atom is 0.235 e. The lowest BCUT2D eigenvalue weighted by Crippen LogP contribution is -2.56. The number of carbonyl (C=O) groups excluding carboxylic acids is 1. The van der Waals surface area contributed by atoms with Gasteiger partial charge in [-0.2, -0.15) is 0 Å².